The fourth-order valence-corrected chi connectivity index (χ4v) is 7.39. The highest BCUT2D eigenvalue weighted by atomic mass is 32.2. The minimum atomic E-state index is 0.0251. The lowest BCUT2D eigenvalue weighted by molar-refractivity contribution is 0.0947. The van der Waals surface area contributed by atoms with Gasteiger partial charge in [0.2, 0.25) is 0 Å². The third kappa shape index (κ3) is 6.19. The molecule has 1 amide bonds. The molecule has 5 nitrogen and oxygen atoms in total. The first kappa shape index (κ1) is 24.3. The Hall–Kier alpha value is -1.83. The smallest absolute Gasteiger partial charge is 0.261 e. The van der Waals surface area contributed by atoms with Gasteiger partial charge in [-0.2, -0.15) is 0 Å². The Morgan fingerprint density at radius 1 is 1.24 bits per heavy atom. The van der Waals surface area contributed by atoms with E-state index in [1.807, 2.05) is 12.2 Å². The van der Waals surface area contributed by atoms with Gasteiger partial charge >= 0.3 is 0 Å². The Bertz CT molecular complexity index is 952. The maximum atomic E-state index is 13.3. The van der Waals surface area contributed by atoms with Crippen LogP contribution in [0.15, 0.2) is 45.8 Å². The molecule has 178 valence electrons. The lowest BCUT2D eigenvalue weighted by Crippen LogP contribution is -2.36. The summed E-state index contributed by atoms with van der Waals surface area (Å²) in [5, 5.41) is 20.3. The monoisotopic (exact) mass is 485 g/mol. The maximum Gasteiger partial charge on any atom is 0.261 e. The van der Waals surface area contributed by atoms with E-state index in [0.717, 1.165) is 77.0 Å². The van der Waals surface area contributed by atoms with Gasteiger partial charge in [-0.15, -0.1) is 23.1 Å². The minimum Gasteiger partial charge on any atom is -0.411 e. The second kappa shape index (κ2) is 11.1. The van der Waals surface area contributed by atoms with Gasteiger partial charge in [-0.25, -0.2) is 0 Å². The van der Waals surface area contributed by atoms with Gasteiger partial charge in [0.05, 0.1) is 14.8 Å². The Kier molecular flexibility index (Phi) is 8.15. The molecule has 2 aliphatic carbocycles. The summed E-state index contributed by atoms with van der Waals surface area (Å²) in [4.78, 5) is 14.1. The molecular formula is C26H35N3O2S2. The first-order chi connectivity index (χ1) is 16.0. The number of fused-ring (bicyclic) bond motifs is 1. The van der Waals surface area contributed by atoms with Crippen LogP contribution in [0.1, 0.15) is 60.3 Å². The predicted octanol–water partition coefficient (Wildman–Crippen LogP) is 5.41. The van der Waals surface area contributed by atoms with E-state index in [2.05, 4.69) is 53.9 Å². The molecule has 3 N–H and O–H groups in total. The van der Waals surface area contributed by atoms with Crippen LogP contribution < -0.4 is 10.6 Å². The van der Waals surface area contributed by atoms with Crippen LogP contribution in [0.2, 0.25) is 0 Å². The molecule has 7 heteroatoms. The number of nitrogens with one attached hydrogen (secondary N) is 2. The van der Waals surface area contributed by atoms with Gasteiger partial charge in [-0.05, 0) is 62.1 Å². The van der Waals surface area contributed by atoms with Crippen molar-refractivity contribution in [1.29, 1.82) is 0 Å². The van der Waals surface area contributed by atoms with E-state index < -0.39 is 0 Å². The van der Waals surface area contributed by atoms with Crippen LogP contribution in [0, 0.1) is 17.3 Å². The third-order valence-electron chi connectivity index (χ3n) is 6.75. The zero-order valence-electron chi connectivity index (χ0n) is 19.6. The van der Waals surface area contributed by atoms with Crippen LogP contribution in [0.3, 0.4) is 0 Å². The average molecular weight is 486 g/mol. The first-order valence-electron chi connectivity index (χ1n) is 12.0. The molecule has 1 fully saturated rings. The van der Waals surface area contributed by atoms with E-state index in [4.69, 9.17) is 0 Å². The van der Waals surface area contributed by atoms with Gasteiger partial charge < -0.3 is 15.8 Å². The first-order valence-corrected chi connectivity index (χ1v) is 13.8. The Balaban J connectivity index is 1.59. The maximum absolute atomic E-state index is 13.3. The average Bonchev–Trinajstić information content (AvgIpc) is 2.94. The minimum absolute atomic E-state index is 0.0251. The van der Waals surface area contributed by atoms with Crippen molar-refractivity contribution in [3.05, 3.63) is 52.5 Å². The Morgan fingerprint density at radius 3 is 2.67 bits per heavy atom. The molecule has 0 radical (unpaired) electrons. The van der Waals surface area contributed by atoms with Crippen molar-refractivity contribution in [2.24, 2.45) is 22.4 Å². The number of thioether (sulfide) groups is 1. The Morgan fingerprint density at radius 2 is 1.97 bits per heavy atom. The number of oxime groups is 1. The highest BCUT2D eigenvalue weighted by Gasteiger charge is 2.34. The predicted molar refractivity (Wildman–Crippen MR) is 139 cm³/mol. The van der Waals surface area contributed by atoms with Crippen LogP contribution in [-0.4, -0.2) is 42.2 Å². The van der Waals surface area contributed by atoms with Gasteiger partial charge in [-0.3, -0.25) is 4.79 Å². The van der Waals surface area contributed by atoms with E-state index in [1.54, 1.807) is 23.1 Å². The quantitative estimate of drug-likeness (QED) is 0.218. The van der Waals surface area contributed by atoms with Crippen molar-refractivity contribution < 1.29 is 10.0 Å². The molecule has 0 aromatic carbocycles. The summed E-state index contributed by atoms with van der Waals surface area (Å²) < 4.78 is 1.10. The number of hydrogen-bond donors (Lipinski definition) is 3. The molecule has 0 bridgehead atoms. The van der Waals surface area contributed by atoms with Crippen molar-refractivity contribution >= 4 is 34.7 Å². The van der Waals surface area contributed by atoms with Crippen molar-refractivity contribution in [2.45, 2.75) is 50.2 Å². The second-order valence-electron chi connectivity index (χ2n) is 9.99. The van der Waals surface area contributed by atoms with Crippen LogP contribution in [0.5, 0.6) is 0 Å². The second-order valence-corrected chi connectivity index (χ2v) is 12.3. The highest BCUT2D eigenvalue weighted by Crippen LogP contribution is 2.44. The molecule has 1 saturated heterocycles. The van der Waals surface area contributed by atoms with Crippen LogP contribution >= 0.6 is 23.1 Å². The van der Waals surface area contributed by atoms with E-state index in [0.29, 0.717) is 18.3 Å². The number of carbonyl (C=O) groups excluding carboxylic acids is 1. The summed E-state index contributed by atoms with van der Waals surface area (Å²) in [5.74, 6) is 1.78. The number of thiophene rings is 1. The van der Waals surface area contributed by atoms with Gasteiger partial charge in [0, 0.05) is 23.8 Å². The number of carbonyl (C=O) groups is 1. The highest BCUT2D eigenvalue weighted by molar-refractivity contribution is 8.01. The number of amides is 1. The van der Waals surface area contributed by atoms with Gasteiger partial charge in [0.25, 0.3) is 5.91 Å². The van der Waals surface area contributed by atoms with Gasteiger partial charge in [0.15, 0.2) is 0 Å². The summed E-state index contributed by atoms with van der Waals surface area (Å²) in [6.07, 6.45) is 17.4. The zero-order chi connectivity index (χ0) is 23.3. The molecule has 33 heavy (non-hydrogen) atoms. The number of nitrogens with zero attached hydrogens (tertiary/aromatic N) is 1. The fourth-order valence-electron chi connectivity index (χ4n) is 4.73. The number of piperidine rings is 1. The number of allylic oxidation sites excluding steroid dienone is 6. The standard InChI is InChI=1S/C26H35N3O2S2/c1-26(2)12-9-20-22(21(15-26)29-31)25(32-17-19-7-5-3-4-6-8-19)33-23(20)24(30)28-16-18-10-13-27-14-11-18/h3-8,18-19,27,31H,9-17H2,1-2H3,(H,28,30)/b29-21+. The zero-order valence-corrected chi connectivity index (χ0v) is 21.2. The molecule has 3 aliphatic rings. The van der Waals surface area contributed by atoms with E-state index in [-0.39, 0.29) is 11.3 Å². The Labute approximate surface area is 205 Å². The van der Waals surface area contributed by atoms with Crippen molar-refractivity contribution in [2.75, 3.05) is 25.4 Å². The molecule has 4 rings (SSSR count). The molecule has 0 atom stereocenters. The molecule has 0 spiro atoms. The van der Waals surface area contributed by atoms with E-state index >= 15 is 0 Å². The summed E-state index contributed by atoms with van der Waals surface area (Å²) >= 11 is 3.35. The molecule has 2 heterocycles. The van der Waals surface area contributed by atoms with Crippen molar-refractivity contribution in [1.82, 2.24) is 10.6 Å². The topological polar surface area (TPSA) is 73.7 Å². The SMILES string of the molecule is CC1(C)CCc2c(C(=O)NCC3CCNCC3)sc(SCC3C=CC=CC=C3)c2/C(=N/O)C1. The molecule has 0 unspecified atom stereocenters. The van der Waals surface area contributed by atoms with Crippen molar-refractivity contribution in [3.63, 3.8) is 0 Å². The summed E-state index contributed by atoms with van der Waals surface area (Å²) in [5.41, 5.74) is 2.82. The third-order valence-corrected chi connectivity index (χ3v) is 9.40. The summed E-state index contributed by atoms with van der Waals surface area (Å²) in [7, 11) is 0. The molecular weight excluding hydrogens is 450 g/mol. The van der Waals surface area contributed by atoms with E-state index in [1.165, 1.54) is 0 Å². The number of hydrogen-bond acceptors (Lipinski definition) is 6. The lowest BCUT2D eigenvalue weighted by atomic mass is 9.84. The van der Waals surface area contributed by atoms with Gasteiger partial charge in [-0.1, -0.05) is 55.5 Å². The van der Waals surface area contributed by atoms with Crippen LogP contribution in [0.25, 0.3) is 0 Å². The summed E-state index contributed by atoms with van der Waals surface area (Å²) in [6, 6.07) is 0. The largest absolute Gasteiger partial charge is 0.411 e. The van der Waals surface area contributed by atoms with Crippen LogP contribution in [-0.2, 0) is 6.42 Å². The molecule has 1 aromatic heterocycles. The van der Waals surface area contributed by atoms with E-state index in [9.17, 15) is 10.0 Å². The normalized spacial score (nSPS) is 22.2. The molecule has 1 aromatic rings. The fraction of sp³-hybridized carbons (Fsp3) is 0.538. The van der Waals surface area contributed by atoms with Crippen LogP contribution in [0.4, 0.5) is 0 Å². The molecule has 0 saturated carbocycles. The van der Waals surface area contributed by atoms with Gasteiger partial charge in [0.1, 0.15) is 0 Å². The lowest BCUT2D eigenvalue weighted by Gasteiger charge is -2.23. The summed E-state index contributed by atoms with van der Waals surface area (Å²) in [6.45, 7) is 7.21. The number of rotatable bonds is 6. The van der Waals surface area contributed by atoms with Crippen molar-refractivity contribution in [3.8, 4) is 0 Å². The molecule has 1 aliphatic heterocycles.